The van der Waals surface area contributed by atoms with Crippen LogP contribution in [0, 0.1) is 6.92 Å². The van der Waals surface area contributed by atoms with E-state index in [1.54, 1.807) is 17.0 Å². The predicted molar refractivity (Wildman–Crippen MR) is 94.5 cm³/mol. The van der Waals surface area contributed by atoms with Crippen LogP contribution in [0.1, 0.15) is 47.1 Å². The number of oxazole rings is 1. The molecule has 1 aromatic heterocycles. The maximum atomic E-state index is 13.0. The topological polar surface area (TPSA) is 66.6 Å². The number of likely N-dealkylation sites (tertiary alicyclic amines) is 1. The van der Waals surface area contributed by atoms with E-state index in [1.807, 2.05) is 37.3 Å². The van der Waals surface area contributed by atoms with E-state index in [4.69, 9.17) is 4.42 Å². The molecule has 0 saturated carbocycles. The first-order valence-electron chi connectivity index (χ1n) is 8.59. The third-order valence-electron chi connectivity index (χ3n) is 4.74. The molecule has 0 aliphatic carbocycles. The van der Waals surface area contributed by atoms with Crippen molar-refractivity contribution in [3.63, 3.8) is 0 Å². The standard InChI is InChI=1S/C20H20N2O3/c1-13-9-10-14(17(23)12-13)20(24)22-11-5-4-7-16(22)19-21-15-6-2-3-8-18(15)25-19/h2-3,6,8-10,12,16,23H,4-5,7,11H2,1H3. The minimum atomic E-state index is -0.200. The van der Waals surface area contributed by atoms with Gasteiger partial charge in [-0.25, -0.2) is 4.98 Å². The van der Waals surface area contributed by atoms with Crippen LogP contribution in [0.2, 0.25) is 0 Å². The van der Waals surface area contributed by atoms with E-state index in [0.717, 1.165) is 35.9 Å². The number of phenols is 1. The summed E-state index contributed by atoms with van der Waals surface area (Å²) in [7, 11) is 0. The lowest BCUT2D eigenvalue weighted by atomic mass is 10.00. The van der Waals surface area contributed by atoms with Gasteiger partial charge in [0.15, 0.2) is 5.58 Å². The first-order valence-corrected chi connectivity index (χ1v) is 8.59. The fraction of sp³-hybridized carbons (Fsp3) is 0.300. The SMILES string of the molecule is Cc1ccc(C(=O)N2CCCCC2c2nc3ccccc3o2)c(O)c1. The van der Waals surface area contributed by atoms with E-state index in [0.29, 0.717) is 18.0 Å². The quantitative estimate of drug-likeness (QED) is 0.761. The lowest BCUT2D eigenvalue weighted by Gasteiger charge is -2.34. The Hall–Kier alpha value is -2.82. The van der Waals surface area contributed by atoms with Crippen molar-refractivity contribution in [2.24, 2.45) is 0 Å². The van der Waals surface area contributed by atoms with Crippen molar-refractivity contribution in [2.45, 2.75) is 32.2 Å². The van der Waals surface area contributed by atoms with Crippen molar-refractivity contribution in [1.29, 1.82) is 0 Å². The molecule has 1 amide bonds. The Morgan fingerprint density at radius 2 is 2.08 bits per heavy atom. The summed E-state index contributed by atoms with van der Waals surface area (Å²) < 4.78 is 5.91. The third kappa shape index (κ3) is 2.86. The molecule has 3 aromatic rings. The fourth-order valence-corrected chi connectivity index (χ4v) is 3.44. The molecule has 1 saturated heterocycles. The molecular formula is C20H20N2O3. The monoisotopic (exact) mass is 336 g/mol. The van der Waals surface area contributed by atoms with Crippen LogP contribution in [0.4, 0.5) is 0 Å². The average molecular weight is 336 g/mol. The molecule has 0 spiro atoms. The maximum Gasteiger partial charge on any atom is 0.258 e. The van der Waals surface area contributed by atoms with Crippen molar-refractivity contribution in [3.05, 3.63) is 59.5 Å². The first kappa shape index (κ1) is 15.7. The Morgan fingerprint density at radius 1 is 1.24 bits per heavy atom. The minimum Gasteiger partial charge on any atom is -0.507 e. The highest BCUT2D eigenvalue weighted by Crippen LogP contribution is 2.34. The lowest BCUT2D eigenvalue weighted by Crippen LogP contribution is -2.38. The van der Waals surface area contributed by atoms with E-state index in [1.165, 1.54) is 0 Å². The zero-order valence-corrected chi connectivity index (χ0v) is 14.1. The zero-order valence-electron chi connectivity index (χ0n) is 14.1. The van der Waals surface area contributed by atoms with Gasteiger partial charge in [-0.2, -0.15) is 0 Å². The van der Waals surface area contributed by atoms with Gasteiger partial charge in [0.2, 0.25) is 5.89 Å². The van der Waals surface area contributed by atoms with Crippen molar-refractivity contribution in [1.82, 2.24) is 9.88 Å². The Bertz CT molecular complexity index is 899. The molecule has 1 fully saturated rings. The number of piperidine rings is 1. The first-order chi connectivity index (χ1) is 12.1. The predicted octanol–water partition coefficient (Wildman–Crippen LogP) is 4.21. The molecule has 25 heavy (non-hydrogen) atoms. The summed E-state index contributed by atoms with van der Waals surface area (Å²) in [4.78, 5) is 19.4. The van der Waals surface area contributed by atoms with E-state index in [9.17, 15) is 9.90 Å². The molecule has 1 unspecified atom stereocenters. The molecule has 128 valence electrons. The fourth-order valence-electron chi connectivity index (χ4n) is 3.44. The molecule has 4 rings (SSSR count). The summed E-state index contributed by atoms with van der Waals surface area (Å²) in [5.41, 5.74) is 2.78. The number of carbonyl (C=O) groups excluding carboxylic acids is 1. The van der Waals surface area contributed by atoms with Gasteiger partial charge in [-0.05, 0) is 56.0 Å². The highest BCUT2D eigenvalue weighted by molar-refractivity contribution is 5.97. The smallest absolute Gasteiger partial charge is 0.258 e. The van der Waals surface area contributed by atoms with Gasteiger partial charge >= 0.3 is 0 Å². The molecule has 1 atom stereocenters. The lowest BCUT2D eigenvalue weighted by molar-refractivity contribution is 0.0571. The van der Waals surface area contributed by atoms with Crippen molar-refractivity contribution in [3.8, 4) is 5.75 Å². The van der Waals surface area contributed by atoms with Crippen LogP contribution < -0.4 is 0 Å². The number of benzene rings is 2. The number of amides is 1. The van der Waals surface area contributed by atoms with E-state index in [-0.39, 0.29) is 17.7 Å². The average Bonchev–Trinajstić information content (AvgIpc) is 3.05. The molecule has 5 nitrogen and oxygen atoms in total. The zero-order chi connectivity index (χ0) is 17.4. The molecular weight excluding hydrogens is 316 g/mol. The van der Waals surface area contributed by atoms with E-state index in [2.05, 4.69) is 4.98 Å². The van der Waals surface area contributed by atoms with Gasteiger partial charge in [-0.15, -0.1) is 0 Å². The number of hydrogen-bond acceptors (Lipinski definition) is 4. The Morgan fingerprint density at radius 3 is 2.88 bits per heavy atom. The molecule has 5 heteroatoms. The number of hydrogen-bond donors (Lipinski definition) is 1. The third-order valence-corrected chi connectivity index (χ3v) is 4.74. The number of carbonyl (C=O) groups is 1. The van der Waals surface area contributed by atoms with Crippen molar-refractivity contribution >= 4 is 17.0 Å². The summed E-state index contributed by atoms with van der Waals surface area (Å²) in [5.74, 6) is 0.414. The van der Waals surface area contributed by atoms with Crippen LogP contribution in [-0.4, -0.2) is 27.4 Å². The number of aryl methyl sites for hydroxylation is 1. The number of aromatic nitrogens is 1. The summed E-state index contributed by atoms with van der Waals surface area (Å²) in [6, 6.07) is 12.6. The van der Waals surface area contributed by atoms with E-state index >= 15 is 0 Å². The van der Waals surface area contributed by atoms with Crippen LogP contribution >= 0.6 is 0 Å². The number of phenolic OH excluding ortho intramolecular Hbond substituents is 1. The molecule has 0 bridgehead atoms. The summed E-state index contributed by atoms with van der Waals surface area (Å²) >= 11 is 0. The summed E-state index contributed by atoms with van der Waals surface area (Å²) in [5, 5.41) is 10.2. The van der Waals surface area contributed by atoms with Crippen molar-refractivity contribution < 1.29 is 14.3 Å². The van der Waals surface area contributed by atoms with Gasteiger partial charge in [0.25, 0.3) is 5.91 Å². The van der Waals surface area contributed by atoms with Gasteiger partial charge in [-0.1, -0.05) is 18.2 Å². The molecule has 2 heterocycles. The Kier molecular flexibility index (Phi) is 3.92. The molecule has 1 aliphatic heterocycles. The summed E-state index contributed by atoms with van der Waals surface area (Å²) in [6.07, 6.45) is 2.77. The van der Waals surface area contributed by atoms with Gasteiger partial charge in [0.1, 0.15) is 17.3 Å². The number of para-hydroxylation sites is 2. The highest BCUT2D eigenvalue weighted by atomic mass is 16.3. The second-order valence-electron chi connectivity index (χ2n) is 6.55. The van der Waals surface area contributed by atoms with Crippen LogP contribution in [-0.2, 0) is 0 Å². The molecule has 1 N–H and O–H groups in total. The second-order valence-corrected chi connectivity index (χ2v) is 6.55. The van der Waals surface area contributed by atoms with Gasteiger partial charge in [0, 0.05) is 6.54 Å². The van der Waals surface area contributed by atoms with Crippen molar-refractivity contribution in [2.75, 3.05) is 6.54 Å². The summed E-state index contributed by atoms with van der Waals surface area (Å²) in [6.45, 7) is 2.52. The van der Waals surface area contributed by atoms with Gasteiger partial charge in [-0.3, -0.25) is 4.79 Å². The van der Waals surface area contributed by atoms with E-state index < -0.39 is 0 Å². The Labute approximate surface area is 145 Å². The number of fused-ring (bicyclic) bond motifs is 1. The second kappa shape index (κ2) is 6.24. The molecule has 0 radical (unpaired) electrons. The number of aromatic hydroxyl groups is 1. The van der Waals surface area contributed by atoms with Crippen LogP contribution in [0.15, 0.2) is 46.9 Å². The molecule has 2 aromatic carbocycles. The minimum absolute atomic E-state index is 0.0203. The largest absolute Gasteiger partial charge is 0.507 e. The number of nitrogens with zero attached hydrogens (tertiary/aromatic N) is 2. The molecule has 1 aliphatic rings. The van der Waals surface area contributed by atoms with Crippen LogP contribution in [0.25, 0.3) is 11.1 Å². The van der Waals surface area contributed by atoms with Gasteiger partial charge in [0.05, 0.1) is 5.56 Å². The maximum absolute atomic E-state index is 13.0. The number of rotatable bonds is 2. The van der Waals surface area contributed by atoms with Gasteiger partial charge < -0.3 is 14.4 Å². The normalized spacial score (nSPS) is 17.8. The highest BCUT2D eigenvalue weighted by Gasteiger charge is 2.33. The van der Waals surface area contributed by atoms with Crippen LogP contribution in [0.5, 0.6) is 5.75 Å². The Balaban J connectivity index is 1.70. The van der Waals surface area contributed by atoms with Crippen LogP contribution in [0.3, 0.4) is 0 Å².